The van der Waals surface area contributed by atoms with Crippen molar-refractivity contribution in [3.05, 3.63) is 24.3 Å². The minimum Gasteiger partial charge on any atom is -0.460 e. The van der Waals surface area contributed by atoms with Crippen molar-refractivity contribution in [2.75, 3.05) is 39.6 Å². The van der Waals surface area contributed by atoms with Gasteiger partial charge in [0.1, 0.15) is 49.8 Å². The molecule has 2 rings (SSSR count). The molecule has 0 spiro atoms. The molecule has 0 bridgehead atoms. The van der Waals surface area contributed by atoms with Crippen LogP contribution in [0.5, 0.6) is 0 Å². The maximum Gasteiger partial charge on any atom is 0.333 e. The Bertz CT molecular complexity index is 579. The van der Waals surface area contributed by atoms with Crippen molar-refractivity contribution in [1.29, 1.82) is 0 Å². The molecule has 6 unspecified atom stereocenters. The second-order valence-corrected chi connectivity index (χ2v) is 7.40. The normalized spacial score (nSPS) is 27.2. The molecule has 2 saturated heterocycles. The summed E-state index contributed by atoms with van der Waals surface area (Å²) in [4.78, 5) is 22.7. The maximum atomic E-state index is 11.3. The average Bonchev–Trinajstić information content (AvgIpc) is 3.29. The number of carbonyl (C=O) groups is 2. The lowest BCUT2D eigenvalue weighted by molar-refractivity contribution is -0.144. The third-order valence-electron chi connectivity index (χ3n) is 4.48. The summed E-state index contributed by atoms with van der Waals surface area (Å²) in [5.41, 5.74) is 0.499. The summed E-state index contributed by atoms with van der Waals surface area (Å²) in [5, 5.41) is 19.8. The summed E-state index contributed by atoms with van der Waals surface area (Å²) < 4.78 is 32.4. The second-order valence-electron chi connectivity index (χ2n) is 7.40. The summed E-state index contributed by atoms with van der Waals surface area (Å²) in [6.07, 6.45) is -3.54. The molecule has 2 aliphatic heterocycles. The van der Waals surface area contributed by atoms with Crippen LogP contribution in [-0.2, 0) is 38.0 Å². The highest BCUT2D eigenvalue weighted by Gasteiger charge is 2.49. The topological polar surface area (TPSA) is 130 Å². The van der Waals surface area contributed by atoms with E-state index in [4.69, 9.17) is 28.4 Å². The van der Waals surface area contributed by atoms with Crippen LogP contribution in [0.4, 0.5) is 0 Å². The van der Waals surface area contributed by atoms with Crippen molar-refractivity contribution >= 4 is 11.9 Å². The molecular formula is C20H30O10. The Kier molecular flexibility index (Phi) is 9.40. The van der Waals surface area contributed by atoms with Gasteiger partial charge in [0.2, 0.25) is 0 Å². The van der Waals surface area contributed by atoms with Crippen molar-refractivity contribution in [3.63, 3.8) is 0 Å². The standard InChI is InChI=1S/C20H30O10/c1-11(2)19(23)29-7-13(21)5-25-15-9-27-18-16(10-28-17(15)18)26-6-14(22)8-30-20(24)12(3)4/h13-18,21-22H,1,3,5-10H2,2,4H3. The number of rotatable bonds is 12. The molecular weight excluding hydrogens is 400 g/mol. The van der Waals surface area contributed by atoms with Gasteiger partial charge in [0.05, 0.1) is 26.4 Å². The van der Waals surface area contributed by atoms with Crippen LogP contribution >= 0.6 is 0 Å². The first-order valence-corrected chi connectivity index (χ1v) is 9.66. The number of esters is 2. The minimum atomic E-state index is -0.988. The Labute approximate surface area is 175 Å². The Morgan fingerprint density at radius 2 is 1.20 bits per heavy atom. The lowest BCUT2D eigenvalue weighted by Gasteiger charge is -2.19. The maximum absolute atomic E-state index is 11.3. The zero-order valence-electron chi connectivity index (χ0n) is 17.3. The Balaban J connectivity index is 1.67. The van der Waals surface area contributed by atoms with Crippen LogP contribution in [0, 0.1) is 0 Å². The zero-order chi connectivity index (χ0) is 22.3. The van der Waals surface area contributed by atoms with E-state index in [0.717, 1.165) is 0 Å². The molecule has 30 heavy (non-hydrogen) atoms. The van der Waals surface area contributed by atoms with Crippen LogP contribution in [0.25, 0.3) is 0 Å². The number of hydrogen-bond donors (Lipinski definition) is 2. The van der Waals surface area contributed by atoms with Crippen LogP contribution in [-0.4, -0.2) is 98.4 Å². The van der Waals surface area contributed by atoms with Gasteiger partial charge in [-0.2, -0.15) is 0 Å². The molecule has 0 radical (unpaired) electrons. The van der Waals surface area contributed by atoms with Gasteiger partial charge in [-0.1, -0.05) is 13.2 Å². The van der Waals surface area contributed by atoms with Gasteiger partial charge in [-0.05, 0) is 13.8 Å². The molecule has 0 amide bonds. The Hall–Kier alpha value is -1.82. The van der Waals surface area contributed by atoms with E-state index in [-0.39, 0.29) is 63.0 Å². The highest BCUT2D eigenvalue weighted by atomic mass is 16.6. The number of hydrogen-bond acceptors (Lipinski definition) is 10. The van der Waals surface area contributed by atoms with Crippen molar-refractivity contribution < 1.29 is 48.2 Å². The highest BCUT2D eigenvalue weighted by Crippen LogP contribution is 2.30. The minimum absolute atomic E-state index is 0.0532. The zero-order valence-corrected chi connectivity index (χ0v) is 17.3. The van der Waals surface area contributed by atoms with E-state index in [2.05, 4.69) is 13.2 Å². The van der Waals surface area contributed by atoms with Gasteiger partial charge in [-0.25, -0.2) is 9.59 Å². The van der Waals surface area contributed by atoms with Crippen LogP contribution < -0.4 is 0 Å². The summed E-state index contributed by atoms with van der Waals surface area (Å²) in [5.74, 6) is -1.15. The lowest BCUT2D eigenvalue weighted by atomic mass is 10.1. The Morgan fingerprint density at radius 1 is 0.833 bits per heavy atom. The number of carbonyl (C=O) groups excluding carboxylic acids is 2. The molecule has 170 valence electrons. The predicted molar refractivity (Wildman–Crippen MR) is 103 cm³/mol. The van der Waals surface area contributed by atoms with Gasteiger partial charge in [-0.15, -0.1) is 0 Å². The third kappa shape index (κ3) is 7.15. The largest absolute Gasteiger partial charge is 0.460 e. The molecule has 0 aliphatic carbocycles. The fraction of sp³-hybridized carbons (Fsp3) is 0.700. The van der Waals surface area contributed by atoms with E-state index in [1.54, 1.807) is 0 Å². The fourth-order valence-corrected chi connectivity index (χ4v) is 2.87. The van der Waals surface area contributed by atoms with Crippen LogP contribution in [0.2, 0.25) is 0 Å². The number of fused-ring (bicyclic) bond motifs is 1. The molecule has 10 heteroatoms. The monoisotopic (exact) mass is 430 g/mol. The van der Waals surface area contributed by atoms with Crippen molar-refractivity contribution in [3.8, 4) is 0 Å². The molecule has 2 N–H and O–H groups in total. The molecule has 2 aliphatic rings. The van der Waals surface area contributed by atoms with Gasteiger partial charge in [0.15, 0.2) is 0 Å². The van der Waals surface area contributed by atoms with Crippen LogP contribution in [0.15, 0.2) is 24.3 Å². The molecule has 2 heterocycles. The molecule has 10 nitrogen and oxygen atoms in total. The quantitative estimate of drug-likeness (QED) is 0.309. The van der Waals surface area contributed by atoms with Gasteiger partial charge in [-0.3, -0.25) is 0 Å². The number of ether oxygens (including phenoxy) is 6. The summed E-state index contributed by atoms with van der Waals surface area (Å²) >= 11 is 0. The lowest BCUT2D eigenvalue weighted by Crippen LogP contribution is -2.37. The van der Waals surface area contributed by atoms with Crippen molar-refractivity contribution in [1.82, 2.24) is 0 Å². The van der Waals surface area contributed by atoms with Crippen LogP contribution in [0.3, 0.4) is 0 Å². The van der Waals surface area contributed by atoms with E-state index in [1.807, 2.05) is 0 Å². The second kappa shape index (κ2) is 11.5. The smallest absolute Gasteiger partial charge is 0.333 e. The first-order valence-electron chi connectivity index (χ1n) is 9.66. The predicted octanol–water partition coefficient (Wildman–Crippen LogP) is -0.485. The SMILES string of the molecule is C=C(C)C(=O)OCC(O)COC1COC2C(OCC(O)COC(=O)C(=C)C)COC12. The average molecular weight is 430 g/mol. The van der Waals surface area contributed by atoms with Crippen molar-refractivity contribution in [2.24, 2.45) is 0 Å². The van der Waals surface area contributed by atoms with Crippen LogP contribution in [0.1, 0.15) is 13.8 Å². The molecule has 2 fully saturated rings. The summed E-state index contributed by atoms with van der Waals surface area (Å²) in [6.45, 7) is 9.97. The van der Waals surface area contributed by atoms with Gasteiger partial charge < -0.3 is 38.6 Å². The van der Waals surface area contributed by atoms with E-state index < -0.39 is 36.4 Å². The molecule has 0 aromatic rings. The summed E-state index contributed by atoms with van der Waals surface area (Å²) in [6, 6.07) is 0. The van der Waals surface area contributed by atoms with Crippen molar-refractivity contribution in [2.45, 2.75) is 50.5 Å². The van der Waals surface area contributed by atoms with Gasteiger partial charge >= 0.3 is 11.9 Å². The highest BCUT2D eigenvalue weighted by molar-refractivity contribution is 5.87. The first-order chi connectivity index (χ1) is 14.2. The van der Waals surface area contributed by atoms with E-state index in [1.165, 1.54) is 13.8 Å². The first kappa shape index (κ1) is 24.4. The number of aliphatic hydroxyl groups excluding tert-OH is 2. The van der Waals surface area contributed by atoms with E-state index in [0.29, 0.717) is 0 Å². The van der Waals surface area contributed by atoms with Gasteiger partial charge in [0.25, 0.3) is 0 Å². The summed E-state index contributed by atoms with van der Waals surface area (Å²) in [7, 11) is 0. The Morgan fingerprint density at radius 3 is 1.53 bits per heavy atom. The van der Waals surface area contributed by atoms with E-state index >= 15 is 0 Å². The van der Waals surface area contributed by atoms with E-state index in [9.17, 15) is 19.8 Å². The molecule has 0 saturated carbocycles. The molecule has 0 aromatic heterocycles. The number of aliphatic hydroxyl groups is 2. The molecule has 6 atom stereocenters. The van der Waals surface area contributed by atoms with Gasteiger partial charge in [0, 0.05) is 11.1 Å². The molecule has 0 aromatic carbocycles. The fourth-order valence-electron chi connectivity index (χ4n) is 2.87. The third-order valence-corrected chi connectivity index (χ3v) is 4.48.